The van der Waals surface area contributed by atoms with Gasteiger partial charge in [0.25, 0.3) is 0 Å². The van der Waals surface area contributed by atoms with Gasteiger partial charge in [0, 0.05) is 27.7 Å². The zero-order chi connectivity index (χ0) is 37.6. The second-order valence-corrected chi connectivity index (χ2v) is 13.0. The number of ether oxygens (including phenoxy) is 2. The highest BCUT2D eigenvalue weighted by atomic mass is 35.5. The summed E-state index contributed by atoms with van der Waals surface area (Å²) >= 11 is 15.2. The number of aliphatic carboxylic acids is 2. The van der Waals surface area contributed by atoms with E-state index in [0.29, 0.717) is 21.2 Å². The summed E-state index contributed by atoms with van der Waals surface area (Å²) in [6, 6.07) is 15.8. The van der Waals surface area contributed by atoms with Crippen LogP contribution >= 0.6 is 46.7 Å². The minimum atomic E-state index is -1.14. The highest BCUT2D eigenvalue weighted by Crippen LogP contribution is 2.24. The number of carboxylic acids is 2. The Bertz CT molecular complexity index is 1890. The fourth-order valence-electron chi connectivity index (χ4n) is 3.59. The molecule has 2 aromatic heterocycles. The van der Waals surface area contributed by atoms with Crippen molar-refractivity contribution in [2.45, 2.75) is 50.3 Å². The van der Waals surface area contributed by atoms with E-state index in [1.54, 1.807) is 41.7 Å². The van der Waals surface area contributed by atoms with Gasteiger partial charge in [0.15, 0.2) is 13.2 Å². The molecule has 0 saturated carbocycles. The molecule has 0 radical (unpaired) electrons. The molecule has 51 heavy (non-hydrogen) atoms. The van der Waals surface area contributed by atoms with E-state index in [4.69, 9.17) is 42.9 Å². The number of hydrogen-bond acceptors (Lipinski definition) is 8. The van der Waals surface area contributed by atoms with Gasteiger partial charge in [-0.15, -0.1) is 23.5 Å². The number of benzene rings is 2. The Morgan fingerprint density at radius 1 is 0.725 bits per heavy atom. The maximum atomic E-state index is 14.0. The Morgan fingerprint density at radius 3 is 1.73 bits per heavy atom. The van der Waals surface area contributed by atoms with Crippen molar-refractivity contribution in [2.75, 3.05) is 24.7 Å². The molecule has 0 aliphatic rings. The fourth-order valence-corrected chi connectivity index (χ4v) is 5.54. The van der Waals surface area contributed by atoms with Crippen LogP contribution in [0.25, 0.3) is 0 Å². The lowest BCUT2D eigenvalue weighted by molar-refractivity contribution is -0.140. The van der Waals surface area contributed by atoms with Crippen molar-refractivity contribution in [3.63, 3.8) is 0 Å². The van der Waals surface area contributed by atoms with Crippen LogP contribution in [-0.4, -0.2) is 56.8 Å². The van der Waals surface area contributed by atoms with E-state index < -0.39 is 31.0 Å². The summed E-state index contributed by atoms with van der Waals surface area (Å²) in [4.78, 5) is 31.3. The van der Waals surface area contributed by atoms with Gasteiger partial charge >= 0.3 is 11.9 Å². The van der Waals surface area contributed by atoms with Gasteiger partial charge in [-0.2, -0.15) is 0 Å². The van der Waals surface area contributed by atoms with Crippen molar-refractivity contribution < 1.29 is 33.7 Å². The Hall–Kier alpha value is -4.39. The summed E-state index contributed by atoms with van der Waals surface area (Å²) in [6.07, 6.45) is 4.85. The molecule has 4 aromatic rings. The Kier molecular flexibility index (Phi) is 20.1. The van der Waals surface area contributed by atoms with Gasteiger partial charge in [-0.3, -0.25) is 0 Å². The van der Waals surface area contributed by atoms with Crippen LogP contribution in [0.5, 0.6) is 11.8 Å². The molecular weight excluding hydrogens is 734 g/mol. The minimum absolute atomic E-state index is 0.0382. The summed E-state index contributed by atoms with van der Waals surface area (Å²) < 4.78 is 24.2. The summed E-state index contributed by atoms with van der Waals surface area (Å²) in [5.74, 6) is 11.0. The quantitative estimate of drug-likeness (QED) is 0.107. The normalized spacial score (nSPS) is 9.71. The Balaban J connectivity index is 0.000000337. The van der Waals surface area contributed by atoms with Crippen LogP contribution in [0.3, 0.4) is 0 Å². The summed E-state index contributed by atoms with van der Waals surface area (Å²) in [5.41, 5.74) is 1.85. The largest absolute Gasteiger partial charge is 0.479 e. The number of hydrogen-bond donors (Lipinski definition) is 2. The van der Waals surface area contributed by atoms with E-state index in [2.05, 4.69) is 47.5 Å². The second kappa shape index (κ2) is 23.9. The fraction of sp³-hybridized carbons (Fsp3) is 0.263. The average molecular weight is 772 g/mol. The number of carboxylic acid groups (broad SMARTS) is 2. The number of nitrogens with zero attached hydrogens (tertiary/aromatic N) is 2. The molecule has 2 heterocycles. The van der Waals surface area contributed by atoms with E-state index in [1.807, 2.05) is 38.1 Å². The number of carbonyl (C=O) groups is 2. The van der Waals surface area contributed by atoms with Crippen molar-refractivity contribution in [2.24, 2.45) is 0 Å². The first kappa shape index (κ1) is 42.8. The van der Waals surface area contributed by atoms with Crippen LogP contribution in [0.1, 0.15) is 62.8 Å². The molecule has 0 fully saturated rings. The van der Waals surface area contributed by atoms with Crippen molar-refractivity contribution in [1.82, 2.24) is 9.97 Å². The number of aromatic nitrogens is 2. The zero-order valence-electron chi connectivity index (χ0n) is 28.5. The molecule has 0 aliphatic carbocycles. The SMILES string of the molecule is CC.CCCSc1ccc(F)c(C#Cc2cc(Cl)cnc2OCC(=O)O)c1.CCCSc1cccc(C#Cc2cc(Cl)cnc2OCC(=O)O)c1. The lowest BCUT2D eigenvalue weighted by atomic mass is 10.2. The standard InChI is InChI=1S/C18H15ClFNO3S.C18H16ClNO3S.C2H6/c1-2-7-25-15-5-6-16(20)12(9-15)3-4-13-8-14(19)10-21-18(13)24-11-17(22)23;1-2-8-24-16-5-3-4-13(9-16)6-7-14-10-15(19)11-20-18(14)23-12-17(21)22;1-2/h5-6,8-10H,2,7,11H2,1H3,(H,22,23);3-5,9-11H,2,8,12H2,1H3,(H,21,22);1-2H3. The lowest BCUT2D eigenvalue weighted by Crippen LogP contribution is -2.11. The molecule has 2 N–H and O–H groups in total. The number of thioether (sulfide) groups is 2. The van der Waals surface area contributed by atoms with Crippen molar-refractivity contribution in [1.29, 1.82) is 0 Å². The molecule has 0 amide bonds. The molecule has 4 rings (SSSR count). The van der Waals surface area contributed by atoms with Crippen molar-refractivity contribution in [3.8, 4) is 35.4 Å². The van der Waals surface area contributed by atoms with E-state index in [-0.39, 0.29) is 17.3 Å². The van der Waals surface area contributed by atoms with Gasteiger partial charge in [-0.25, -0.2) is 23.9 Å². The maximum Gasteiger partial charge on any atom is 0.341 e. The van der Waals surface area contributed by atoms with Gasteiger partial charge in [0.2, 0.25) is 11.8 Å². The molecule has 0 atom stereocenters. The van der Waals surface area contributed by atoms with Gasteiger partial charge in [-0.1, -0.05) is 80.6 Å². The van der Waals surface area contributed by atoms with Crippen molar-refractivity contribution >= 4 is 58.7 Å². The molecule has 0 saturated heterocycles. The van der Waals surface area contributed by atoms with E-state index in [1.165, 1.54) is 24.5 Å². The molecule has 0 spiro atoms. The molecular formula is C38H37Cl2FN2O6S2. The molecule has 0 aliphatic heterocycles. The number of pyridine rings is 2. The topological polar surface area (TPSA) is 119 Å². The minimum Gasteiger partial charge on any atom is -0.479 e. The summed E-state index contributed by atoms with van der Waals surface area (Å²) in [5, 5.41) is 18.1. The van der Waals surface area contributed by atoms with Crippen LogP contribution in [0.4, 0.5) is 4.39 Å². The van der Waals surface area contributed by atoms with Gasteiger partial charge in [0.1, 0.15) is 5.82 Å². The maximum absolute atomic E-state index is 14.0. The molecule has 0 bridgehead atoms. The zero-order valence-corrected chi connectivity index (χ0v) is 31.6. The molecule has 268 valence electrons. The van der Waals surface area contributed by atoms with Crippen LogP contribution in [0, 0.1) is 29.5 Å². The van der Waals surface area contributed by atoms with E-state index >= 15 is 0 Å². The lowest BCUT2D eigenvalue weighted by Gasteiger charge is -2.05. The van der Waals surface area contributed by atoms with E-state index in [0.717, 1.165) is 39.7 Å². The molecule has 0 unspecified atom stereocenters. The highest BCUT2D eigenvalue weighted by molar-refractivity contribution is 7.99. The highest BCUT2D eigenvalue weighted by Gasteiger charge is 2.09. The average Bonchev–Trinajstić information content (AvgIpc) is 3.12. The third-order valence-electron chi connectivity index (χ3n) is 5.69. The summed E-state index contributed by atoms with van der Waals surface area (Å²) in [7, 11) is 0. The molecule has 2 aromatic carbocycles. The molecule has 8 nitrogen and oxygen atoms in total. The van der Waals surface area contributed by atoms with Crippen molar-refractivity contribution in [3.05, 3.63) is 105 Å². The van der Waals surface area contributed by atoms with E-state index in [9.17, 15) is 14.0 Å². The van der Waals surface area contributed by atoms with Crippen LogP contribution in [0.2, 0.25) is 10.0 Å². The Labute approximate surface area is 316 Å². The van der Waals surface area contributed by atoms with Crippen LogP contribution in [0.15, 0.2) is 76.8 Å². The third kappa shape index (κ3) is 16.5. The summed E-state index contributed by atoms with van der Waals surface area (Å²) in [6.45, 7) is 7.18. The molecule has 13 heteroatoms. The number of rotatable bonds is 12. The first-order valence-corrected chi connectivity index (χ1v) is 18.5. The Morgan fingerprint density at radius 2 is 1.22 bits per heavy atom. The van der Waals surface area contributed by atoms with Gasteiger partial charge < -0.3 is 19.7 Å². The predicted octanol–water partition coefficient (Wildman–Crippen LogP) is 9.37. The number of halogens is 3. The third-order valence-corrected chi connectivity index (χ3v) is 8.50. The first-order chi connectivity index (χ1) is 24.6. The van der Waals surface area contributed by atoms with Crippen LogP contribution in [-0.2, 0) is 9.59 Å². The first-order valence-electron chi connectivity index (χ1n) is 15.8. The van der Waals surface area contributed by atoms with Crippen LogP contribution < -0.4 is 9.47 Å². The van der Waals surface area contributed by atoms with Gasteiger partial charge in [0.05, 0.1) is 26.7 Å². The second-order valence-electron chi connectivity index (χ2n) is 9.74. The van der Waals surface area contributed by atoms with Gasteiger partial charge in [-0.05, 0) is 72.9 Å². The monoisotopic (exact) mass is 770 g/mol. The smallest absolute Gasteiger partial charge is 0.341 e. The predicted molar refractivity (Wildman–Crippen MR) is 203 cm³/mol.